The van der Waals surface area contributed by atoms with Gasteiger partial charge in [0.15, 0.2) is 0 Å². The molecule has 0 radical (unpaired) electrons. The molecule has 2 fully saturated rings. The van der Waals surface area contributed by atoms with Gasteiger partial charge in [0.1, 0.15) is 11.9 Å². The highest BCUT2D eigenvalue weighted by Crippen LogP contribution is 2.43. The lowest BCUT2D eigenvalue weighted by Crippen LogP contribution is -2.37. The molecule has 1 aromatic heterocycles. The molecule has 18 heavy (non-hydrogen) atoms. The summed E-state index contributed by atoms with van der Waals surface area (Å²) in [7, 11) is 0. The van der Waals surface area contributed by atoms with Crippen LogP contribution >= 0.6 is 0 Å². The fourth-order valence-electron chi connectivity index (χ4n) is 3.27. The van der Waals surface area contributed by atoms with E-state index < -0.39 is 6.10 Å². The molecule has 0 aliphatic heterocycles. The van der Waals surface area contributed by atoms with Crippen molar-refractivity contribution in [3.05, 3.63) is 24.2 Å². The summed E-state index contributed by atoms with van der Waals surface area (Å²) in [5.41, 5.74) is 0. The van der Waals surface area contributed by atoms with Gasteiger partial charge < -0.3 is 14.8 Å². The summed E-state index contributed by atoms with van der Waals surface area (Å²) in [6.45, 7) is 0.607. The first-order chi connectivity index (χ1) is 8.83. The lowest BCUT2D eigenvalue weighted by atomic mass is 9.82. The SMILES string of the molecule is OC(CNC1CCCC(C2CC2)C1)c1ccco1. The third-order valence-electron chi connectivity index (χ3n) is 4.47. The molecule has 3 atom stereocenters. The Balaban J connectivity index is 1.44. The van der Waals surface area contributed by atoms with E-state index in [1.54, 1.807) is 6.26 Å². The predicted octanol–water partition coefficient (Wildman–Crippen LogP) is 2.87. The van der Waals surface area contributed by atoms with E-state index in [0.717, 1.165) is 11.8 Å². The van der Waals surface area contributed by atoms with Crippen LogP contribution in [0, 0.1) is 11.8 Å². The summed E-state index contributed by atoms with van der Waals surface area (Å²) in [5.74, 6) is 2.62. The summed E-state index contributed by atoms with van der Waals surface area (Å²) in [6, 6.07) is 4.25. The molecule has 2 aliphatic carbocycles. The summed E-state index contributed by atoms with van der Waals surface area (Å²) < 4.78 is 5.21. The van der Waals surface area contributed by atoms with E-state index in [2.05, 4.69) is 5.32 Å². The Labute approximate surface area is 109 Å². The van der Waals surface area contributed by atoms with Crippen LogP contribution in [-0.4, -0.2) is 17.7 Å². The topological polar surface area (TPSA) is 45.4 Å². The number of nitrogens with one attached hydrogen (secondary N) is 1. The molecule has 100 valence electrons. The molecule has 1 aromatic rings. The number of rotatable bonds is 5. The smallest absolute Gasteiger partial charge is 0.133 e. The average molecular weight is 249 g/mol. The van der Waals surface area contributed by atoms with Crippen molar-refractivity contribution in [3.8, 4) is 0 Å². The van der Waals surface area contributed by atoms with Gasteiger partial charge in [-0.25, -0.2) is 0 Å². The van der Waals surface area contributed by atoms with E-state index in [0.29, 0.717) is 18.3 Å². The van der Waals surface area contributed by atoms with Gasteiger partial charge in [0.05, 0.1) is 6.26 Å². The van der Waals surface area contributed by atoms with Crippen LogP contribution < -0.4 is 5.32 Å². The van der Waals surface area contributed by atoms with E-state index >= 15 is 0 Å². The molecule has 1 heterocycles. The molecular weight excluding hydrogens is 226 g/mol. The van der Waals surface area contributed by atoms with Crippen molar-refractivity contribution < 1.29 is 9.52 Å². The zero-order chi connectivity index (χ0) is 12.4. The van der Waals surface area contributed by atoms with Crippen LogP contribution in [0.3, 0.4) is 0 Å². The molecule has 2 aliphatic rings. The number of hydrogen-bond acceptors (Lipinski definition) is 3. The summed E-state index contributed by atoms with van der Waals surface area (Å²) in [5, 5.41) is 13.5. The maximum Gasteiger partial charge on any atom is 0.133 e. The summed E-state index contributed by atoms with van der Waals surface area (Å²) >= 11 is 0. The second-order valence-corrected chi connectivity index (χ2v) is 5.90. The van der Waals surface area contributed by atoms with Gasteiger partial charge in [-0.2, -0.15) is 0 Å². The molecule has 3 unspecified atom stereocenters. The number of furan rings is 1. The van der Waals surface area contributed by atoms with Crippen molar-refractivity contribution in [2.45, 2.75) is 50.7 Å². The van der Waals surface area contributed by atoms with Crippen LogP contribution in [-0.2, 0) is 0 Å². The number of aliphatic hydroxyl groups excluding tert-OH is 1. The monoisotopic (exact) mass is 249 g/mol. The molecular formula is C15H23NO2. The maximum absolute atomic E-state index is 9.97. The van der Waals surface area contributed by atoms with E-state index in [1.165, 1.54) is 38.5 Å². The first-order valence-electron chi connectivity index (χ1n) is 7.28. The molecule has 2 saturated carbocycles. The zero-order valence-electron chi connectivity index (χ0n) is 10.8. The normalized spacial score (nSPS) is 30.3. The minimum absolute atomic E-state index is 0.513. The molecule has 2 N–H and O–H groups in total. The van der Waals surface area contributed by atoms with E-state index in [4.69, 9.17) is 4.42 Å². The first kappa shape index (κ1) is 12.2. The Morgan fingerprint density at radius 1 is 1.28 bits per heavy atom. The quantitative estimate of drug-likeness (QED) is 0.843. The Morgan fingerprint density at radius 2 is 2.17 bits per heavy atom. The fourth-order valence-corrected chi connectivity index (χ4v) is 3.27. The van der Waals surface area contributed by atoms with Gasteiger partial charge in [-0.05, 0) is 49.7 Å². The first-order valence-corrected chi connectivity index (χ1v) is 7.28. The van der Waals surface area contributed by atoms with Crippen LogP contribution in [0.2, 0.25) is 0 Å². The summed E-state index contributed by atoms with van der Waals surface area (Å²) in [6.07, 6.45) is 9.32. The molecule has 3 rings (SSSR count). The van der Waals surface area contributed by atoms with Gasteiger partial charge in [-0.15, -0.1) is 0 Å². The molecule has 3 heteroatoms. The third-order valence-corrected chi connectivity index (χ3v) is 4.47. The minimum atomic E-state index is -0.513. The largest absolute Gasteiger partial charge is 0.467 e. The van der Waals surface area contributed by atoms with Crippen molar-refractivity contribution in [1.29, 1.82) is 0 Å². The van der Waals surface area contributed by atoms with Crippen LogP contribution in [0.15, 0.2) is 22.8 Å². The Kier molecular flexibility index (Phi) is 3.71. The highest BCUT2D eigenvalue weighted by Gasteiger charge is 2.34. The lowest BCUT2D eigenvalue weighted by molar-refractivity contribution is 0.136. The van der Waals surface area contributed by atoms with Crippen molar-refractivity contribution in [3.63, 3.8) is 0 Å². The van der Waals surface area contributed by atoms with Crippen molar-refractivity contribution in [2.24, 2.45) is 11.8 Å². The van der Waals surface area contributed by atoms with Gasteiger partial charge in [-0.3, -0.25) is 0 Å². The van der Waals surface area contributed by atoms with E-state index in [9.17, 15) is 5.11 Å². The zero-order valence-corrected chi connectivity index (χ0v) is 10.8. The molecule has 3 nitrogen and oxygen atoms in total. The third kappa shape index (κ3) is 2.96. The van der Waals surface area contributed by atoms with Crippen LogP contribution in [0.4, 0.5) is 0 Å². The van der Waals surface area contributed by atoms with Crippen molar-refractivity contribution in [1.82, 2.24) is 5.32 Å². The molecule has 0 bridgehead atoms. The van der Waals surface area contributed by atoms with Gasteiger partial charge in [0.2, 0.25) is 0 Å². The standard InChI is InChI=1S/C15H23NO2/c17-14(15-5-2-8-18-15)10-16-13-4-1-3-12(9-13)11-6-7-11/h2,5,8,11-14,16-17H,1,3-4,6-7,9-10H2. The summed E-state index contributed by atoms with van der Waals surface area (Å²) in [4.78, 5) is 0. The van der Waals surface area contributed by atoms with Gasteiger partial charge in [0.25, 0.3) is 0 Å². The van der Waals surface area contributed by atoms with Crippen molar-refractivity contribution >= 4 is 0 Å². The van der Waals surface area contributed by atoms with Crippen LogP contribution in [0.5, 0.6) is 0 Å². The fraction of sp³-hybridized carbons (Fsp3) is 0.733. The number of aliphatic hydroxyl groups is 1. The van der Waals surface area contributed by atoms with Gasteiger partial charge in [0, 0.05) is 12.6 Å². The second-order valence-electron chi connectivity index (χ2n) is 5.90. The maximum atomic E-state index is 9.97. The Hall–Kier alpha value is -0.800. The van der Waals surface area contributed by atoms with Crippen LogP contribution in [0.25, 0.3) is 0 Å². The second kappa shape index (κ2) is 5.45. The predicted molar refractivity (Wildman–Crippen MR) is 70.1 cm³/mol. The van der Waals surface area contributed by atoms with E-state index in [1.807, 2.05) is 12.1 Å². The number of hydrogen-bond donors (Lipinski definition) is 2. The lowest BCUT2D eigenvalue weighted by Gasteiger charge is -2.30. The minimum Gasteiger partial charge on any atom is -0.467 e. The average Bonchev–Trinajstić information content (AvgIpc) is 3.11. The highest BCUT2D eigenvalue weighted by atomic mass is 16.4. The Bertz CT molecular complexity index is 359. The highest BCUT2D eigenvalue weighted by molar-refractivity contribution is 5.02. The molecule has 0 saturated heterocycles. The van der Waals surface area contributed by atoms with Gasteiger partial charge in [-0.1, -0.05) is 12.8 Å². The van der Waals surface area contributed by atoms with Gasteiger partial charge >= 0.3 is 0 Å². The molecule has 0 amide bonds. The van der Waals surface area contributed by atoms with Crippen molar-refractivity contribution in [2.75, 3.05) is 6.54 Å². The Morgan fingerprint density at radius 3 is 2.89 bits per heavy atom. The van der Waals surface area contributed by atoms with Crippen LogP contribution in [0.1, 0.15) is 50.4 Å². The molecule has 0 aromatic carbocycles. The molecule has 0 spiro atoms. The van der Waals surface area contributed by atoms with E-state index in [-0.39, 0.29) is 0 Å².